The van der Waals surface area contributed by atoms with Crippen LogP contribution in [0.1, 0.15) is 29.6 Å². The number of hydrogen-bond donors (Lipinski definition) is 2. The fraction of sp³-hybridized carbons (Fsp3) is 0.444. The Morgan fingerprint density at radius 3 is 2.83 bits per heavy atom. The minimum Gasteiger partial charge on any atom is -0.399 e. The first-order valence-electron chi connectivity index (χ1n) is 8.47. The number of carbonyl (C=O) groups is 1. The first-order valence-corrected chi connectivity index (χ1v) is 9.28. The molecule has 3 aliphatic heterocycles. The van der Waals surface area contributed by atoms with Crippen LogP contribution in [0.15, 0.2) is 30.5 Å². The number of benzene rings is 1. The molecule has 3 fully saturated rings. The summed E-state index contributed by atoms with van der Waals surface area (Å²) in [6, 6.07) is 8.55. The summed E-state index contributed by atoms with van der Waals surface area (Å²) in [7, 11) is 0. The lowest BCUT2D eigenvalue weighted by Crippen LogP contribution is -2.60. The van der Waals surface area contributed by atoms with Crippen LogP contribution in [0.3, 0.4) is 0 Å². The number of carbonyl (C=O) groups excluding carboxylic acids is 1. The molecule has 4 atom stereocenters. The van der Waals surface area contributed by atoms with E-state index in [1.807, 2.05) is 24.3 Å². The molecule has 2 bridgehead atoms. The van der Waals surface area contributed by atoms with Crippen LogP contribution in [-0.2, 0) is 0 Å². The first kappa shape index (κ1) is 15.6. The van der Waals surface area contributed by atoms with Gasteiger partial charge in [0.05, 0.1) is 4.88 Å². The zero-order chi connectivity index (χ0) is 16.7. The van der Waals surface area contributed by atoms with E-state index < -0.39 is 0 Å². The number of nitrogen functional groups attached to an aromatic ring is 1. The summed E-state index contributed by atoms with van der Waals surface area (Å²) < 4.78 is 0. The summed E-state index contributed by atoms with van der Waals surface area (Å²) in [6.45, 7) is 4.41. The second-order valence-electron chi connectivity index (χ2n) is 6.86. The number of amides is 1. The number of aromatic nitrogens is 1. The number of piperidine rings is 3. The summed E-state index contributed by atoms with van der Waals surface area (Å²) in [4.78, 5) is 20.4. The second-order valence-corrected chi connectivity index (χ2v) is 7.89. The number of anilines is 1. The number of rotatable bonds is 3. The Hall–Kier alpha value is -1.92. The van der Waals surface area contributed by atoms with Gasteiger partial charge in [-0.15, -0.1) is 11.3 Å². The van der Waals surface area contributed by atoms with Crippen molar-refractivity contribution >= 4 is 22.9 Å². The molecule has 5 nitrogen and oxygen atoms in total. The Kier molecular flexibility index (Phi) is 4.02. The van der Waals surface area contributed by atoms with E-state index in [2.05, 4.69) is 22.1 Å². The van der Waals surface area contributed by atoms with Crippen molar-refractivity contribution < 1.29 is 4.79 Å². The average molecular weight is 342 g/mol. The van der Waals surface area contributed by atoms with E-state index in [-0.39, 0.29) is 11.9 Å². The molecule has 0 saturated carbocycles. The number of nitrogens with two attached hydrogens (primary N) is 1. The predicted octanol–water partition coefficient (Wildman–Crippen LogP) is 2.60. The lowest BCUT2D eigenvalue weighted by molar-refractivity contribution is 0.0274. The number of nitrogens with one attached hydrogen (secondary N) is 1. The van der Waals surface area contributed by atoms with Gasteiger partial charge in [0.1, 0.15) is 0 Å². The van der Waals surface area contributed by atoms with Gasteiger partial charge in [-0.3, -0.25) is 9.69 Å². The van der Waals surface area contributed by atoms with Crippen molar-refractivity contribution in [1.82, 2.24) is 15.2 Å². The van der Waals surface area contributed by atoms with Gasteiger partial charge in [0.15, 0.2) is 5.01 Å². The maximum atomic E-state index is 12.6. The summed E-state index contributed by atoms with van der Waals surface area (Å²) in [5.41, 5.74) is 7.49. The van der Waals surface area contributed by atoms with Gasteiger partial charge in [-0.2, -0.15) is 0 Å². The monoisotopic (exact) mass is 342 g/mol. The minimum atomic E-state index is -0.0481. The van der Waals surface area contributed by atoms with E-state index in [0.29, 0.717) is 17.0 Å². The van der Waals surface area contributed by atoms with Gasteiger partial charge in [0.25, 0.3) is 5.91 Å². The van der Waals surface area contributed by atoms with E-state index in [1.54, 1.807) is 6.20 Å². The molecule has 1 amide bonds. The molecule has 1 aromatic heterocycles. The van der Waals surface area contributed by atoms with E-state index in [0.717, 1.165) is 29.2 Å². The Morgan fingerprint density at radius 2 is 2.17 bits per heavy atom. The van der Waals surface area contributed by atoms with Gasteiger partial charge >= 0.3 is 0 Å². The van der Waals surface area contributed by atoms with E-state index in [9.17, 15) is 4.79 Å². The van der Waals surface area contributed by atoms with Gasteiger partial charge in [0, 0.05) is 30.5 Å². The highest BCUT2D eigenvalue weighted by Crippen LogP contribution is 2.32. The van der Waals surface area contributed by atoms with Crippen LogP contribution in [0, 0.1) is 5.92 Å². The van der Waals surface area contributed by atoms with Crippen molar-refractivity contribution in [3.63, 3.8) is 0 Å². The predicted molar refractivity (Wildman–Crippen MR) is 97.0 cm³/mol. The van der Waals surface area contributed by atoms with Crippen LogP contribution in [0.4, 0.5) is 5.69 Å². The van der Waals surface area contributed by atoms with Crippen molar-refractivity contribution in [3.05, 3.63) is 35.5 Å². The molecule has 3 aliphatic rings. The first-order chi connectivity index (χ1) is 11.6. The summed E-state index contributed by atoms with van der Waals surface area (Å²) >= 11 is 1.43. The molecule has 4 heterocycles. The van der Waals surface area contributed by atoms with Crippen LogP contribution in [0.2, 0.25) is 0 Å². The molecule has 0 radical (unpaired) electrons. The highest BCUT2D eigenvalue weighted by Gasteiger charge is 2.39. The Bertz CT molecular complexity index is 742. The SMILES string of the molecule is CC1CC2CCN1C[C@@H]2NC(=O)c1ncc(-c2ccc(N)cc2)s1. The van der Waals surface area contributed by atoms with Crippen molar-refractivity contribution in [2.45, 2.75) is 31.8 Å². The van der Waals surface area contributed by atoms with Crippen LogP contribution in [0.25, 0.3) is 10.4 Å². The zero-order valence-corrected chi connectivity index (χ0v) is 14.6. The third-order valence-electron chi connectivity index (χ3n) is 5.27. The fourth-order valence-corrected chi connectivity index (χ4v) is 4.67. The Morgan fingerprint density at radius 1 is 1.38 bits per heavy atom. The van der Waals surface area contributed by atoms with E-state index in [4.69, 9.17) is 5.73 Å². The largest absolute Gasteiger partial charge is 0.399 e. The third-order valence-corrected chi connectivity index (χ3v) is 6.31. The standard InChI is InChI=1S/C18H22N4OS/c1-11-8-13-6-7-22(11)10-15(13)21-17(23)18-20-9-16(24-18)12-2-4-14(19)5-3-12/h2-5,9,11,13,15H,6-8,10,19H2,1H3,(H,21,23)/t11?,13?,15-/m0/s1. The maximum absolute atomic E-state index is 12.6. The molecule has 6 heteroatoms. The Balaban J connectivity index is 1.45. The minimum absolute atomic E-state index is 0.0481. The lowest BCUT2D eigenvalue weighted by atomic mass is 9.80. The lowest BCUT2D eigenvalue weighted by Gasteiger charge is -2.48. The number of fused-ring (bicyclic) bond motifs is 3. The highest BCUT2D eigenvalue weighted by molar-refractivity contribution is 7.16. The smallest absolute Gasteiger partial charge is 0.280 e. The number of thiazole rings is 1. The molecule has 126 valence electrons. The van der Waals surface area contributed by atoms with E-state index in [1.165, 1.54) is 24.2 Å². The molecule has 5 rings (SSSR count). The fourth-order valence-electron chi connectivity index (χ4n) is 3.85. The molecular formula is C18H22N4OS. The summed E-state index contributed by atoms with van der Waals surface area (Å²) in [5.74, 6) is 0.554. The van der Waals surface area contributed by atoms with Gasteiger partial charge in [-0.05, 0) is 49.9 Å². The highest BCUT2D eigenvalue weighted by atomic mass is 32.1. The topological polar surface area (TPSA) is 71.2 Å². The van der Waals surface area contributed by atoms with Gasteiger partial charge in [-0.1, -0.05) is 12.1 Å². The molecule has 0 aliphatic carbocycles. The number of hydrogen-bond acceptors (Lipinski definition) is 5. The van der Waals surface area contributed by atoms with Gasteiger partial charge < -0.3 is 11.1 Å². The maximum Gasteiger partial charge on any atom is 0.280 e. The summed E-state index contributed by atoms with van der Waals surface area (Å²) in [5, 5.41) is 3.74. The van der Waals surface area contributed by atoms with Gasteiger partial charge in [0.2, 0.25) is 0 Å². The molecule has 24 heavy (non-hydrogen) atoms. The van der Waals surface area contributed by atoms with Crippen molar-refractivity contribution in [2.24, 2.45) is 5.92 Å². The van der Waals surface area contributed by atoms with Crippen LogP contribution < -0.4 is 11.1 Å². The van der Waals surface area contributed by atoms with Crippen LogP contribution in [-0.4, -0.2) is 41.0 Å². The molecule has 2 aromatic rings. The van der Waals surface area contributed by atoms with Crippen molar-refractivity contribution in [3.8, 4) is 10.4 Å². The Labute approximate surface area is 145 Å². The second kappa shape index (κ2) is 6.18. The van der Waals surface area contributed by atoms with E-state index >= 15 is 0 Å². The van der Waals surface area contributed by atoms with Gasteiger partial charge in [-0.25, -0.2) is 4.98 Å². The molecule has 3 saturated heterocycles. The van der Waals surface area contributed by atoms with Crippen molar-refractivity contribution in [1.29, 1.82) is 0 Å². The molecule has 1 aromatic carbocycles. The molecule has 0 spiro atoms. The van der Waals surface area contributed by atoms with Crippen LogP contribution >= 0.6 is 11.3 Å². The third kappa shape index (κ3) is 2.91. The zero-order valence-electron chi connectivity index (χ0n) is 13.7. The molecule has 3 N–H and O–H groups in total. The quantitative estimate of drug-likeness (QED) is 0.841. The molecular weight excluding hydrogens is 320 g/mol. The molecule has 3 unspecified atom stereocenters. The normalized spacial score (nSPS) is 28.7. The van der Waals surface area contributed by atoms with Crippen molar-refractivity contribution in [2.75, 3.05) is 18.8 Å². The number of nitrogens with zero attached hydrogens (tertiary/aromatic N) is 2. The van der Waals surface area contributed by atoms with Crippen LogP contribution in [0.5, 0.6) is 0 Å². The summed E-state index contributed by atoms with van der Waals surface area (Å²) in [6.07, 6.45) is 4.13. The average Bonchev–Trinajstić information content (AvgIpc) is 3.07.